The van der Waals surface area contributed by atoms with Crippen molar-refractivity contribution in [1.82, 2.24) is 30.8 Å². The molecule has 3 heterocycles. The van der Waals surface area contributed by atoms with E-state index >= 15 is 0 Å². The van der Waals surface area contributed by atoms with Gasteiger partial charge in [-0.1, -0.05) is 23.4 Å². The summed E-state index contributed by atoms with van der Waals surface area (Å²) in [5.74, 6) is 0.442. The van der Waals surface area contributed by atoms with Gasteiger partial charge >= 0.3 is 0 Å². The molecule has 0 spiro atoms. The Morgan fingerprint density at radius 1 is 1.43 bits per heavy atom. The molecule has 28 heavy (non-hydrogen) atoms. The Hall–Kier alpha value is -2.11. The maximum Gasteiger partial charge on any atom is 0.249 e. The Balaban J connectivity index is 1.39. The highest BCUT2D eigenvalue weighted by molar-refractivity contribution is 8.01. The van der Waals surface area contributed by atoms with Crippen LogP contribution in [0.4, 0.5) is 0 Å². The summed E-state index contributed by atoms with van der Waals surface area (Å²) in [7, 11) is 0. The fraction of sp³-hybridized carbons (Fsp3) is 0.471. The summed E-state index contributed by atoms with van der Waals surface area (Å²) >= 11 is 3.07. The molecule has 11 heteroatoms. The van der Waals surface area contributed by atoms with Crippen LogP contribution in [0, 0.1) is 0 Å². The van der Waals surface area contributed by atoms with Crippen molar-refractivity contribution in [3.63, 3.8) is 0 Å². The van der Waals surface area contributed by atoms with Gasteiger partial charge in [-0.2, -0.15) is 5.21 Å². The number of aromatic amines is 1. The molecule has 148 valence electrons. The lowest BCUT2D eigenvalue weighted by Crippen LogP contribution is -2.68. The number of rotatable bonds is 6. The van der Waals surface area contributed by atoms with Gasteiger partial charge in [-0.25, -0.2) is 0 Å². The van der Waals surface area contributed by atoms with Crippen LogP contribution < -0.4 is 11.1 Å². The van der Waals surface area contributed by atoms with E-state index in [0.717, 1.165) is 10.5 Å². The van der Waals surface area contributed by atoms with Gasteiger partial charge in [-0.3, -0.25) is 9.59 Å². The number of nitrogens with two attached hydrogens (primary N) is 1. The Kier molecular flexibility index (Phi) is 5.06. The Bertz CT molecular complexity index is 889. The first kappa shape index (κ1) is 19.2. The van der Waals surface area contributed by atoms with E-state index in [9.17, 15) is 9.59 Å². The molecular weight excluding hydrogens is 398 g/mol. The quantitative estimate of drug-likeness (QED) is 0.460. The van der Waals surface area contributed by atoms with Crippen LogP contribution in [-0.4, -0.2) is 59.3 Å². The summed E-state index contributed by atoms with van der Waals surface area (Å²) in [6, 6.07) is 6.94. The maximum absolute atomic E-state index is 12.7. The summed E-state index contributed by atoms with van der Waals surface area (Å²) in [5, 5.41) is 16.9. The standard InChI is InChI=1S/C17H21N7O2S2/c1-17(2)13(14-20-22-23-21-14)24-15(26)12(16(24)28-17)19-11(25)8-27-10-6-4-3-5-9(10)7-18/h3-6,12-13,16H,7-8,18H2,1-2H3,(H,19,25)(H,20,21,22,23)/t12?,13?,16-/m0/s1. The van der Waals surface area contributed by atoms with Crippen LogP contribution in [0.3, 0.4) is 0 Å². The van der Waals surface area contributed by atoms with Gasteiger partial charge < -0.3 is 16.0 Å². The highest BCUT2D eigenvalue weighted by atomic mass is 32.2. The average molecular weight is 420 g/mol. The molecule has 0 radical (unpaired) electrons. The minimum absolute atomic E-state index is 0.112. The van der Waals surface area contributed by atoms with Gasteiger partial charge in [-0.15, -0.1) is 33.7 Å². The van der Waals surface area contributed by atoms with Gasteiger partial charge in [0.2, 0.25) is 11.8 Å². The zero-order valence-electron chi connectivity index (χ0n) is 15.5. The average Bonchev–Trinajstić information content (AvgIpc) is 3.28. The zero-order chi connectivity index (χ0) is 19.9. The number of tetrazole rings is 1. The van der Waals surface area contributed by atoms with E-state index in [1.165, 1.54) is 11.8 Å². The van der Waals surface area contributed by atoms with E-state index in [4.69, 9.17) is 5.73 Å². The van der Waals surface area contributed by atoms with Crippen LogP contribution in [0.2, 0.25) is 0 Å². The van der Waals surface area contributed by atoms with E-state index in [1.807, 2.05) is 38.1 Å². The van der Waals surface area contributed by atoms with Crippen LogP contribution >= 0.6 is 23.5 Å². The first-order valence-corrected chi connectivity index (χ1v) is 10.7. The van der Waals surface area contributed by atoms with Crippen LogP contribution in [0.15, 0.2) is 29.2 Å². The van der Waals surface area contributed by atoms with E-state index in [1.54, 1.807) is 16.7 Å². The third-order valence-electron chi connectivity index (χ3n) is 4.92. The third-order valence-corrected chi connectivity index (χ3v) is 7.60. The second kappa shape index (κ2) is 7.37. The number of hydrogen-bond acceptors (Lipinski definition) is 8. The van der Waals surface area contributed by atoms with Crippen LogP contribution in [0.5, 0.6) is 0 Å². The van der Waals surface area contributed by atoms with Gasteiger partial charge in [0.25, 0.3) is 0 Å². The number of nitrogens with zero attached hydrogens (tertiary/aromatic N) is 4. The summed E-state index contributed by atoms with van der Waals surface area (Å²) < 4.78 is -0.279. The number of thioether (sulfide) groups is 2. The molecule has 2 aliphatic rings. The van der Waals surface area contributed by atoms with Crippen molar-refractivity contribution in [3.05, 3.63) is 35.7 Å². The molecule has 2 unspecified atom stereocenters. The fourth-order valence-electron chi connectivity index (χ4n) is 3.62. The topological polar surface area (TPSA) is 130 Å². The molecule has 9 nitrogen and oxygen atoms in total. The van der Waals surface area contributed by atoms with E-state index in [2.05, 4.69) is 25.9 Å². The fourth-order valence-corrected chi connectivity index (χ4v) is 6.13. The van der Waals surface area contributed by atoms with Gasteiger partial charge in [0.05, 0.1) is 5.75 Å². The summed E-state index contributed by atoms with van der Waals surface area (Å²) in [6.45, 7) is 4.51. The molecular formula is C17H21N7O2S2. The Morgan fingerprint density at radius 3 is 2.93 bits per heavy atom. The molecule has 0 aliphatic carbocycles. The van der Waals surface area contributed by atoms with Crippen molar-refractivity contribution in [2.75, 3.05) is 5.75 Å². The Morgan fingerprint density at radius 2 is 2.21 bits per heavy atom. The predicted octanol–water partition coefficient (Wildman–Crippen LogP) is 0.670. The third kappa shape index (κ3) is 3.27. The van der Waals surface area contributed by atoms with Crippen molar-refractivity contribution in [2.45, 2.75) is 47.5 Å². The van der Waals surface area contributed by atoms with Gasteiger partial charge in [0.15, 0.2) is 5.82 Å². The van der Waals surface area contributed by atoms with Gasteiger partial charge in [-0.05, 0) is 25.5 Å². The molecule has 0 saturated carbocycles. The molecule has 2 amide bonds. The minimum atomic E-state index is -0.529. The molecule has 2 aromatic rings. The number of carbonyl (C=O) groups excluding carboxylic acids is 2. The highest BCUT2D eigenvalue weighted by Gasteiger charge is 2.63. The number of β-lactam (4-membered cyclic amide) rings is 1. The molecule has 4 rings (SSSR count). The number of amides is 2. The monoisotopic (exact) mass is 419 g/mol. The minimum Gasteiger partial charge on any atom is -0.341 e. The number of aromatic nitrogens is 4. The van der Waals surface area contributed by atoms with Crippen molar-refractivity contribution in [2.24, 2.45) is 5.73 Å². The molecule has 0 bridgehead atoms. The van der Waals surface area contributed by atoms with E-state index < -0.39 is 6.04 Å². The van der Waals surface area contributed by atoms with Crippen molar-refractivity contribution in [1.29, 1.82) is 0 Å². The number of carbonyl (C=O) groups is 2. The van der Waals surface area contributed by atoms with Crippen molar-refractivity contribution >= 4 is 35.3 Å². The SMILES string of the molecule is CC1(C)S[C@H]2C(NC(=O)CSc3ccccc3CN)C(=O)N2C1c1nn[nH]n1. The predicted molar refractivity (Wildman–Crippen MR) is 106 cm³/mol. The van der Waals surface area contributed by atoms with Crippen molar-refractivity contribution < 1.29 is 9.59 Å². The Labute approximate surface area is 170 Å². The second-order valence-corrected chi connectivity index (χ2v) is 9.96. The van der Waals surface area contributed by atoms with Crippen LogP contribution in [0.1, 0.15) is 31.3 Å². The summed E-state index contributed by atoms with van der Waals surface area (Å²) in [5.41, 5.74) is 6.74. The maximum atomic E-state index is 12.7. The lowest BCUT2D eigenvalue weighted by atomic mass is 9.95. The number of nitrogens with one attached hydrogen (secondary N) is 2. The second-order valence-electron chi connectivity index (χ2n) is 7.18. The normalized spacial score (nSPS) is 25.3. The molecule has 2 aliphatic heterocycles. The molecule has 4 N–H and O–H groups in total. The van der Waals surface area contributed by atoms with Gasteiger partial charge in [0, 0.05) is 16.2 Å². The smallest absolute Gasteiger partial charge is 0.249 e. The van der Waals surface area contributed by atoms with E-state index in [0.29, 0.717) is 12.4 Å². The first-order valence-electron chi connectivity index (χ1n) is 8.86. The summed E-state index contributed by atoms with van der Waals surface area (Å²) in [6.07, 6.45) is 0. The molecule has 2 fully saturated rings. The highest BCUT2D eigenvalue weighted by Crippen LogP contribution is 2.56. The van der Waals surface area contributed by atoms with Crippen molar-refractivity contribution in [3.8, 4) is 0 Å². The van der Waals surface area contributed by atoms with Crippen LogP contribution in [-0.2, 0) is 16.1 Å². The lowest BCUT2D eigenvalue weighted by molar-refractivity contribution is -0.151. The largest absolute Gasteiger partial charge is 0.341 e. The van der Waals surface area contributed by atoms with Gasteiger partial charge in [0.1, 0.15) is 17.5 Å². The molecule has 3 atom stereocenters. The van der Waals surface area contributed by atoms with E-state index in [-0.39, 0.29) is 33.7 Å². The zero-order valence-corrected chi connectivity index (χ0v) is 17.1. The lowest BCUT2D eigenvalue weighted by Gasteiger charge is -2.44. The number of H-pyrrole nitrogens is 1. The number of hydrogen-bond donors (Lipinski definition) is 3. The van der Waals surface area contributed by atoms with Crippen LogP contribution in [0.25, 0.3) is 0 Å². The molecule has 1 aromatic carbocycles. The molecule has 2 saturated heterocycles. The number of benzene rings is 1. The molecule has 1 aromatic heterocycles. The summed E-state index contributed by atoms with van der Waals surface area (Å²) in [4.78, 5) is 27.9. The first-order chi connectivity index (χ1) is 13.4. The number of fused-ring (bicyclic) bond motifs is 1.